The van der Waals surface area contributed by atoms with Gasteiger partial charge >= 0.3 is 0 Å². The summed E-state index contributed by atoms with van der Waals surface area (Å²) in [5.74, 6) is 0. The molecule has 0 atom stereocenters. The van der Waals surface area contributed by atoms with E-state index in [4.69, 9.17) is 0 Å². The Morgan fingerprint density at radius 3 is 1.88 bits per heavy atom. The van der Waals surface area contributed by atoms with Crippen molar-refractivity contribution < 1.29 is 0 Å². The second-order valence-corrected chi connectivity index (χ2v) is 2.50. The Kier molecular flexibility index (Phi) is 0.587. The molecule has 0 nitrogen and oxygen atoms in total. The van der Waals surface area contributed by atoms with Crippen molar-refractivity contribution >= 4 is 0 Å². The second-order valence-electron chi connectivity index (χ2n) is 2.50. The molecule has 0 aromatic heterocycles. The minimum absolute atomic E-state index is 1.22. The highest BCUT2D eigenvalue weighted by Crippen LogP contribution is 2.22. The van der Waals surface area contributed by atoms with Crippen LogP contribution in [0.5, 0.6) is 0 Å². The van der Waals surface area contributed by atoms with Gasteiger partial charge in [0.25, 0.3) is 0 Å². The lowest BCUT2D eigenvalue weighted by atomic mass is 9.91. The van der Waals surface area contributed by atoms with Crippen LogP contribution in [0.25, 0.3) is 0 Å². The summed E-state index contributed by atoms with van der Waals surface area (Å²) in [5, 5.41) is 0. The third-order valence-corrected chi connectivity index (χ3v) is 1.61. The molecule has 0 unspecified atom stereocenters. The van der Waals surface area contributed by atoms with Gasteiger partial charge in [0.15, 0.2) is 0 Å². The van der Waals surface area contributed by atoms with Gasteiger partial charge < -0.3 is 0 Å². The highest BCUT2D eigenvalue weighted by molar-refractivity contribution is 5.41. The van der Waals surface area contributed by atoms with Crippen LogP contribution >= 0.6 is 0 Å². The van der Waals surface area contributed by atoms with Crippen LogP contribution in [0, 0.1) is 6.92 Å². The first-order valence-electron chi connectivity index (χ1n) is 2.94. The van der Waals surface area contributed by atoms with E-state index in [0.717, 1.165) is 0 Å². The summed E-state index contributed by atoms with van der Waals surface area (Å²) in [6.45, 7) is 2.14. The van der Waals surface area contributed by atoms with Gasteiger partial charge in [0.2, 0.25) is 0 Å². The zero-order chi connectivity index (χ0) is 5.56. The number of hydrogen-bond acceptors (Lipinski definition) is 0. The van der Waals surface area contributed by atoms with Crippen LogP contribution in [-0.2, 0) is 6.42 Å². The second kappa shape index (κ2) is 1.13. The van der Waals surface area contributed by atoms with E-state index < -0.39 is 0 Å². The van der Waals surface area contributed by atoms with Crippen molar-refractivity contribution in [3.8, 4) is 0 Å². The molecule has 40 valence electrons. The Bertz CT molecular complexity index is 202. The van der Waals surface area contributed by atoms with Crippen molar-refractivity contribution in [2.75, 3.05) is 0 Å². The van der Waals surface area contributed by atoms with Crippen LogP contribution in [0.15, 0.2) is 18.2 Å². The molecule has 1 aromatic rings. The quantitative estimate of drug-likeness (QED) is 0.479. The molecular formula is C8H8. The molecule has 1 aromatic carbocycles. The van der Waals surface area contributed by atoms with E-state index >= 15 is 0 Å². The van der Waals surface area contributed by atoms with Crippen molar-refractivity contribution in [3.05, 3.63) is 34.9 Å². The van der Waals surface area contributed by atoms with Crippen molar-refractivity contribution in [1.82, 2.24) is 0 Å². The molecule has 0 heterocycles. The number of benzene rings is 1. The number of fused-ring (bicyclic) bond motifs is 2. The topological polar surface area (TPSA) is 0 Å². The monoisotopic (exact) mass is 104 g/mol. The van der Waals surface area contributed by atoms with Crippen LogP contribution in [0.4, 0.5) is 0 Å². The van der Waals surface area contributed by atoms with E-state index in [9.17, 15) is 0 Å². The van der Waals surface area contributed by atoms with Gasteiger partial charge in [-0.2, -0.15) is 0 Å². The summed E-state index contributed by atoms with van der Waals surface area (Å²) in [4.78, 5) is 0. The van der Waals surface area contributed by atoms with Crippen LogP contribution < -0.4 is 0 Å². The Labute approximate surface area is 49.2 Å². The average molecular weight is 104 g/mol. The van der Waals surface area contributed by atoms with Gasteiger partial charge in [-0.1, -0.05) is 23.8 Å². The standard InChI is InChI=1S/C8H8/c1-6-2-7-4-8(3-6)5-7/h2-4H,5H2,1H3. The molecule has 0 amide bonds. The molecule has 0 saturated carbocycles. The largest absolute Gasteiger partial charge is 0.0557 e. The fourth-order valence-corrected chi connectivity index (χ4v) is 1.26. The molecule has 2 aliphatic carbocycles. The third-order valence-electron chi connectivity index (χ3n) is 1.61. The van der Waals surface area contributed by atoms with Crippen LogP contribution in [0.2, 0.25) is 0 Å². The maximum absolute atomic E-state index is 2.24. The smallest absolute Gasteiger partial charge is 0.00254 e. The van der Waals surface area contributed by atoms with Gasteiger partial charge in [0.1, 0.15) is 0 Å². The number of aryl methyl sites for hydroxylation is 1. The summed E-state index contributed by atoms with van der Waals surface area (Å²) < 4.78 is 0. The van der Waals surface area contributed by atoms with Gasteiger partial charge in [0.05, 0.1) is 0 Å². The van der Waals surface area contributed by atoms with Crippen molar-refractivity contribution in [2.24, 2.45) is 0 Å². The highest BCUT2D eigenvalue weighted by atomic mass is 14.1. The minimum atomic E-state index is 1.22. The SMILES string of the molecule is Cc1cc2cc(c1)C2. The molecule has 0 fully saturated rings. The predicted molar refractivity (Wildman–Crippen MR) is 34.0 cm³/mol. The molecule has 8 heavy (non-hydrogen) atoms. The fraction of sp³-hybridized carbons (Fsp3) is 0.250. The van der Waals surface area contributed by atoms with Crippen LogP contribution in [0.1, 0.15) is 16.7 Å². The lowest BCUT2D eigenvalue weighted by Crippen LogP contribution is -2.00. The molecule has 2 aliphatic rings. The van der Waals surface area contributed by atoms with Crippen molar-refractivity contribution in [2.45, 2.75) is 13.3 Å². The maximum Gasteiger partial charge on any atom is -0.00254 e. The zero-order valence-electron chi connectivity index (χ0n) is 4.94. The molecule has 3 rings (SSSR count). The fourth-order valence-electron chi connectivity index (χ4n) is 1.26. The van der Waals surface area contributed by atoms with Gasteiger partial charge in [-0.25, -0.2) is 0 Å². The number of rotatable bonds is 0. The highest BCUT2D eigenvalue weighted by Gasteiger charge is 2.07. The summed E-state index contributed by atoms with van der Waals surface area (Å²) >= 11 is 0. The molecule has 0 aliphatic heterocycles. The number of hydrogen-bond donors (Lipinski definition) is 0. The van der Waals surface area contributed by atoms with Crippen LogP contribution in [0.3, 0.4) is 0 Å². The predicted octanol–water partition coefficient (Wildman–Crippen LogP) is 1.90. The molecule has 0 heteroatoms. The lowest BCUT2D eigenvalue weighted by Gasteiger charge is -2.14. The van der Waals surface area contributed by atoms with Crippen molar-refractivity contribution in [1.29, 1.82) is 0 Å². The molecule has 2 bridgehead atoms. The van der Waals surface area contributed by atoms with Gasteiger partial charge in [-0.3, -0.25) is 0 Å². The first-order chi connectivity index (χ1) is 3.84. The molecule has 0 N–H and O–H groups in total. The first-order valence-corrected chi connectivity index (χ1v) is 2.94. The Morgan fingerprint density at radius 1 is 1.12 bits per heavy atom. The van der Waals surface area contributed by atoms with E-state index in [1.807, 2.05) is 0 Å². The Hall–Kier alpha value is -0.780. The average Bonchev–Trinajstić information content (AvgIpc) is 1.62. The van der Waals surface area contributed by atoms with Crippen LogP contribution in [-0.4, -0.2) is 0 Å². The summed E-state index contributed by atoms with van der Waals surface area (Å²) in [6, 6.07) is 6.73. The lowest BCUT2D eigenvalue weighted by molar-refractivity contribution is 1.07. The van der Waals surface area contributed by atoms with Gasteiger partial charge in [-0.15, -0.1) is 0 Å². The van der Waals surface area contributed by atoms with E-state index in [0.29, 0.717) is 0 Å². The Morgan fingerprint density at radius 2 is 1.62 bits per heavy atom. The molecule has 0 spiro atoms. The first kappa shape index (κ1) is 4.13. The summed E-state index contributed by atoms with van der Waals surface area (Å²) in [6.07, 6.45) is 1.22. The summed E-state index contributed by atoms with van der Waals surface area (Å²) in [7, 11) is 0. The maximum atomic E-state index is 2.24. The van der Waals surface area contributed by atoms with E-state index in [1.54, 1.807) is 0 Å². The molecule has 0 radical (unpaired) electrons. The minimum Gasteiger partial charge on any atom is -0.0557 e. The molecular weight excluding hydrogens is 96.1 g/mol. The zero-order valence-corrected chi connectivity index (χ0v) is 4.94. The van der Waals surface area contributed by atoms with E-state index in [-0.39, 0.29) is 0 Å². The Balaban J connectivity index is 2.69. The summed E-state index contributed by atoms with van der Waals surface area (Å²) in [5.41, 5.74) is 4.41. The van der Waals surface area contributed by atoms with Gasteiger partial charge in [-0.05, 0) is 24.5 Å². The van der Waals surface area contributed by atoms with E-state index in [2.05, 4.69) is 25.1 Å². The van der Waals surface area contributed by atoms with E-state index in [1.165, 1.54) is 23.1 Å². The normalized spacial score (nSPS) is 13.1. The van der Waals surface area contributed by atoms with Crippen molar-refractivity contribution in [3.63, 3.8) is 0 Å². The van der Waals surface area contributed by atoms with Gasteiger partial charge in [0, 0.05) is 0 Å². The molecule has 0 saturated heterocycles. The third kappa shape index (κ3) is 0.401.